The molecule has 20 heteroatoms. The van der Waals surface area contributed by atoms with Gasteiger partial charge in [-0.1, -0.05) is 5.11 Å². The summed E-state index contributed by atoms with van der Waals surface area (Å²) in [6.45, 7) is 10.6. The minimum absolute atomic E-state index is 0.0561. The van der Waals surface area contributed by atoms with E-state index in [-0.39, 0.29) is 32.5 Å². The molecule has 0 spiro atoms. The second-order valence-corrected chi connectivity index (χ2v) is 10.1. The highest BCUT2D eigenvalue weighted by atomic mass is 16.7. The van der Waals surface area contributed by atoms with Gasteiger partial charge in [-0.2, -0.15) is 0 Å². The smallest absolute Gasteiger partial charge is 0.335 e. The first-order valence-electron chi connectivity index (χ1n) is 17.2. The number of carbonyl (C=O) groups is 3. The van der Waals surface area contributed by atoms with Crippen molar-refractivity contribution in [1.82, 2.24) is 5.06 Å². The van der Waals surface area contributed by atoms with Gasteiger partial charge in [0.05, 0.1) is 165 Å². The standard InChI is InChI=1S/C31H56N4O16/c32-34-33-4-6-40-8-10-42-12-14-44-16-18-46-20-22-48-24-26-50-28-27-49-25-23-47-21-19-45-17-15-43-13-11-41-9-7-39-5-3-31(38)51-35-29(36)1-2-30(35)37/h1-28H2. The summed E-state index contributed by atoms with van der Waals surface area (Å²) in [7, 11) is 0. The zero-order valence-electron chi connectivity index (χ0n) is 29.6. The predicted molar refractivity (Wildman–Crippen MR) is 176 cm³/mol. The molecule has 1 fully saturated rings. The van der Waals surface area contributed by atoms with Crippen molar-refractivity contribution in [2.45, 2.75) is 19.3 Å². The van der Waals surface area contributed by atoms with Gasteiger partial charge < -0.3 is 61.7 Å². The molecule has 0 aromatic rings. The second kappa shape index (κ2) is 37.2. The number of hydrogen-bond donors (Lipinski definition) is 0. The average Bonchev–Trinajstić information content (AvgIpc) is 3.44. The van der Waals surface area contributed by atoms with Gasteiger partial charge >= 0.3 is 5.97 Å². The molecule has 20 nitrogen and oxygen atoms in total. The van der Waals surface area contributed by atoms with Crippen molar-refractivity contribution in [3.63, 3.8) is 0 Å². The molecule has 0 N–H and O–H groups in total. The number of amides is 2. The van der Waals surface area contributed by atoms with Crippen molar-refractivity contribution in [2.24, 2.45) is 5.11 Å². The zero-order valence-corrected chi connectivity index (χ0v) is 29.6. The van der Waals surface area contributed by atoms with Crippen molar-refractivity contribution in [3.05, 3.63) is 10.4 Å². The number of nitrogens with zero attached hydrogens (tertiary/aromatic N) is 4. The van der Waals surface area contributed by atoms with Gasteiger partial charge in [0, 0.05) is 24.3 Å². The van der Waals surface area contributed by atoms with E-state index in [9.17, 15) is 14.4 Å². The summed E-state index contributed by atoms with van der Waals surface area (Å²) in [5, 5.41) is 3.88. The first-order valence-corrected chi connectivity index (χ1v) is 17.2. The van der Waals surface area contributed by atoms with E-state index < -0.39 is 17.8 Å². The second-order valence-electron chi connectivity index (χ2n) is 10.1. The topological polar surface area (TPSA) is 223 Å². The first kappa shape index (κ1) is 46.5. The Hall–Kier alpha value is -2.56. The number of hydroxylamine groups is 2. The summed E-state index contributed by atoms with van der Waals surface area (Å²) in [5.41, 5.74) is 8.14. The third-order valence-electron chi connectivity index (χ3n) is 6.14. The number of imide groups is 1. The van der Waals surface area contributed by atoms with Crippen molar-refractivity contribution in [3.8, 4) is 0 Å². The summed E-state index contributed by atoms with van der Waals surface area (Å²) >= 11 is 0. The van der Waals surface area contributed by atoms with E-state index in [4.69, 9.17) is 67.2 Å². The molecule has 0 atom stereocenters. The van der Waals surface area contributed by atoms with Crippen LogP contribution in [0.25, 0.3) is 10.4 Å². The Morgan fingerprint density at radius 2 is 0.725 bits per heavy atom. The molecule has 1 saturated heterocycles. The van der Waals surface area contributed by atoms with Crippen LogP contribution in [0.3, 0.4) is 0 Å². The lowest BCUT2D eigenvalue weighted by Crippen LogP contribution is -2.32. The molecule has 0 bridgehead atoms. The molecule has 0 aromatic heterocycles. The van der Waals surface area contributed by atoms with E-state index >= 15 is 0 Å². The summed E-state index contributed by atoms with van der Waals surface area (Å²) in [4.78, 5) is 41.8. The van der Waals surface area contributed by atoms with Crippen LogP contribution in [0.15, 0.2) is 5.11 Å². The van der Waals surface area contributed by atoms with Crippen molar-refractivity contribution in [2.75, 3.05) is 165 Å². The maximum atomic E-state index is 11.6. The van der Waals surface area contributed by atoms with E-state index in [0.29, 0.717) is 157 Å². The Labute approximate surface area is 298 Å². The third kappa shape index (κ3) is 31.9. The molecule has 1 heterocycles. The highest BCUT2D eigenvalue weighted by Crippen LogP contribution is 2.12. The molecular weight excluding hydrogens is 684 g/mol. The lowest BCUT2D eigenvalue weighted by molar-refractivity contribution is -0.198. The van der Waals surface area contributed by atoms with Crippen LogP contribution in [0.2, 0.25) is 0 Å². The van der Waals surface area contributed by atoms with E-state index in [1.165, 1.54) is 0 Å². The summed E-state index contributed by atoms with van der Waals surface area (Å²) < 4.78 is 64.8. The maximum absolute atomic E-state index is 11.6. The minimum atomic E-state index is -0.702. The van der Waals surface area contributed by atoms with E-state index in [1.807, 2.05) is 0 Å². The molecule has 1 aliphatic heterocycles. The zero-order chi connectivity index (χ0) is 36.7. The van der Waals surface area contributed by atoms with Gasteiger partial charge in [-0.05, 0) is 5.53 Å². The van der Waals surface area contributed by atoms with Crippen molar-refractivity contribution in [1.29, 1.82) is 0 Å². The van der Waals surface area contributed by atoms with Gasteiger partial charge in [0.1, 0.15) is 0 Å². The van der Waals surface area contributed by atoms with E-state index in [1.54, 1.807) is 0 Å². The van der Waals surface area contributed by atoms with Gasteiger partial charge in [0.25, 0.3) is 11.8 Å². The van der Waals surface area contributed by atoms with Crippen LogP contribution >= 0.6 is 0 Å². The Bertz CT molecular complexity index is 884. The van der Waals surface area contributed by atoms with Crippen LogP contribution in [-0.2, 0) is 76.1 Å². The number of hydrogen-bond acceptors (Lipinski definition) is 17. The van der Waals surface area contributed by atoms with Crippen molar-refractivity contribution < 1.29 is 76.1 Å². The summed E-state index contributed by atoms with van der Waals surface area (Å²) in [6.07, 6.45) is 0.0347. The summed E-state index contributed by atoms with van der Waals surface area (Å²) in [5.74, 6) is -1.73. The first-order chi connectivity index (χ1) is 25.1. The largest absolute Gasteiger partial charge is 0.379 e. The van der Waals surface area contributed by atoms with E-state index in [2.05, 4.69) is 10.0 Å². The van der Waals surface area contributed by atoms with Gasteiger partial charge in [0.2, 0.25) is 0 Å². The van der Waals surface area contributed by atoms with Gasteiger partial charge in [-0.3, -0.25) is 9.59 Å². The Balaban J connectivity index is 1.64. The molecule has 1 rings (SSSR count). The lowest BCUT2D eigenvalue weighted by Gasteiger charge is -2.12. The van der Waals surface area contributed by atoms with Crippen molar-refractivity contribution >= 4 is 17.8 Å². The molecule has 0 aliphatic carbocycles. The Morgan fingerprint density at radius 1 is 0.471 bits per heavy atom. The number of azide groups is 1. The Kier molecular flexibility index (Phi) is 33.9. The molecule has 0 radical (unpaired) electrons. The van der Waals surface area contributed by atoms with Crippen LogP contribution in [0, 0.1) is 0 Å². The highest BCUT2D eigenvalue weighted by molar-refractivity contribution is 6.01. The maximum Gasteiger partial charge on any atom is 0.335 e. The molecule has 1 aliphatic rings. The number of ether oxygens (including phenoxy) is 12. The molecule has 0 aromatic carbocycles. The summed E-state index contributed by atoms with van der Waals surface area (Å²) in [6, 6.07) is 0. The van der Waals surface area contributed by atoms with Gasteiger partial charge in [0.15, 0.2) is 0 Å². The number of carbonyl (C=O) groups excluding carboxylic acids is 3. The lowest BCUT2D eigenvalue weighted by atomic mass is 10.4. The number of rotatable bonds is 40. The monoisotopic (exact) mass is 740 g/mol. The average molecular weight is 741 g/mol. The fourth-order valence-corrected chi connectivity index (χ4v) is 3.63. The van der Waals surface area contributed by atoms with Crippen LogP contribution in [0.1, 0.15) is 19.3 Å². The molecule has 296 valence electrons. The van der Waals surface area contributed by atoms with Crippen LogP contribution in [0.5, 0.6) is 0 Å². The van der Waals surface area contributed by atoms with Gasteiger partial charge in [-0.15, -0.1) is 5.06 Å². The van der Waals surface area contributed by atoms with Crippen LogP contribution < -0.4 is 0 Å². The SMILES string of the molecule is [N-]=[N+]=NCCOCCOCCOCCOCCOCCOCCOCCOCCOCCOCCOCCOCCC(=O)ON1C(=O)CCC1=O. The molecule has 51 heavy (non-hydrogen) atoms. The van der Waals surface area contributed by atoms with Crippen LogP contribution in [-0.4, -0.2) is 188 Å². The molecule has 0 unspecified atom stereocenters. The molecular formula is C31H56N4O16. The normalized spacial score (nSPS) is 12.9. The predicted octanol–water partition coefficient (Wildman–Crippen LogP) is 0.493. The van der Waals surface area contributed by atoms with Gasteiger partial charge in [-0.25, -0.2) is 4.79 Å². The van der Waals surface area contributed by atoms with Crippen LogP contribution in [0.4, 0.5) is 0 Å². The third-order valence-corrected chi connectivity index (χ3v) is 6.14. The molecule has 0 saturated carbocycles. The Morgan fingerprint density at radius 3 is 1.00 bits per heavy atom. The highest BCUT2D eigenvalue weighted by Gasteiger charge is 2.32. The quantitative estimate of drug-likeness (QED) is 0.0274. The van der Waals surface area contributed by atoms with E-state index in [0.717, 1.165) is 0 Å². The molecule has 2 amide bonds. The minimum Gasteiger partial charge on any atom is -0.379 e. The fraction of sp³-hybridized carbons (Fsp3) is 0.903. The fourth-order valence-electron chi connectivity index (χ4n) is 3.63.